The number of anilines is 1. The molecule has 1 fully saturated rings. The Bertz CT molecular complexity index is 530. The average molecular weight is 331 g/mol. The molecule has 4 nitrogen and oxygen atoms in total. The molecule has 0 spiro atoms. The summed E-state index contributed by atoms with van der Waals surface area (Å²) in [6.07, 6.45) is 2.32. The third-order valence-corrected chi connectivity index (χ3v) is 4.61. The first-order valence-corrected chi connectivity index (χ1v) is 7.40. The zero-order valence-electron chi connectivity index (χ0n) is 12.0. The summed E-state index contributed by atoms with van der Waals surface area (Å²) >= 11 is 6.07. The highest BCUT2D eigenvalue weighted by molar-refractivity contribution is 6.31. The fourth-order valence-electron chi connectivity index (χ4n) is 3.15. The van der Waals surface area contributed by atoms with E-state index in [1.54, 1.807) is 7.11 Å². The van der Waals surface area contributed by atoms with Crippen LogP contribution in [0.5, 0.6) is 0 Å². The molecule has 0 saturated carbocycles. The summed E-state index contributed by atoms with van der Waals surface area (Å²) in [5.41, 5.74) is 1.44. The number of carbonyl (C=O) groups excluding carboxylic acids is 1. The van der Waals surface area contributed by atoms with Gasteiger partial charge in [-0.1, -0.05) is 17.7 Å². The van der Waals surface area contributed by atoms with Gasteiger partial charge < -0.3 is 15.0 Å². The average Bonchev–Trinajstić information content (AvgIpc) is 2.90. The lowest BCUT2D eigenvalue weighted by Gasteiger charge is -2.37. The summed E-state index contributed by atoms with van der Waals surface area (Å²) in [6.45, 7) is 2.35. The number of methoxy groups -OCH3 is 1. The summed E-state index contributed by atoms with van der Waals surface area (Å²) in [6, 6.07) is 5.77. The monoisotopic (exact) mass is 330 g/mol. The van der Waals surface area contributed by atoms with Crippen LogP contribution < -0.4 is 10.2 Å². The van der Waals surface area contributed by atoms with Gasteiger partial charge in [0.1, 0.15) is 5.60 Å². The van der Waals surface area contributed by atoms with Gasteiger partial charge in [0, 0.05) is 24.4 Å². The number of rotatable bonds is 2. The number of nitrogens with one attached hydrogen (secondary N) is 1. The molecular weight excluding hydrogens is 311 g/mol. The van der Waals surface area contributed by atoms with Crippen LogP contribution in [0.15, 0.2) is 18.2 Å². The molecule has 1 aromatic carbocycles. The first kappa shape index (κ1) is 16.6. The highest BCUT2D eigenvalue weighted by Gasteiger charge is 2.44. The van der Waals surface area contributed by atoms with E-state index in [4.69, 9.17) is 16.3 Å². The molecule has 2 aliphatic rings. The van der Waals surface area contributed by atoms with E-state index < -0.39 is 5.60 Å². The number of nitrogens with zero attached hydrogens (tertiary/aromatic N) is 1. The van der Waals surface area contributed by atoms with Gasteiger partial charge in [0.05, 0.1) is 0 Å². The van der Waals surface area contributed by atoms with E-state index in [1.165, 1.54) is 5.56 Å². The van der Waals surface area contributed by atoms with Gasteiger partial charge >= 0.3 is 0 Å². The maximum atomic E-state index is 13.0. The summed E-state index contributed by atoms with van der Waals surface area (Å²) in [5, 5.41) is 3.94. The van der Waals surface area contributed by atoms with E-state index in [2.05, 4.69) is 5.32 Å². The lowest BCUT2D eigenvalue weighted by molar-refractivity contribution is -0.143. The Labute approximate surface area is 136 Å². The third-order valence-electron chi connectivity index (χ3n) is 4.38. The number of carbonyl (C=O) groups is 1. The molecule has 0 bridgehead atoms. The van der Waals surface area contributed by atoms with Crippen LogP contribution in [0.1, 0.15) is 18.4 Å². The second-order valence-corrected chi connectivity index (χ2v) is 5.86. The molecule has 0 aliphatic carbocycles. The van der Waals surface area contributed by atoms with Crippen LogP contribution in [-0.4, -0.2) is 38.3 Å². The highest BCUT2D eigenvalue weighted by atomic mass is 35.5. The van der Waals surface area contributed by atoms with Gasteiger partial charge in [-0.15, -0.1) is 12.4 Å². The van der Waals surface area contributed by atoms with Crippen LogP contribution in [0.2, 0.25) is 5.02 Å². The van der Waals surface area contributed by atoms with E-state index in [0.717, 1.165) is 25.2 Å². The van der Waals surface area contributed by atoms with Crippen molar-refractivity contribution < 1.29 is 9.53 Å². The first-order chi connectivity index (χ1) is 9.66. The molecule has 116 valence electrons. The Morgan fingerprint density at radius 1 is 1.38 bits per heavy atom. The molecule has 1 aromatic rings. The smallest absolute Gasteiger partial charge is 0.259 e. The maximum Gasteiger partial charge on any atom is 0.259 e. The number of ether oxygens (including phenoxy) is 1. The van der Waals surface area contributed by atoms with Crippen molar-refractivity contribution in [2.75, 3.05) is 31.6 Å². The van der Waals surface area contributed by atoms with Gasteiger partial charge in [-0.25, -0.2) is 0 Å². The fraction of sp³-hybridized carbons (Fsp3) is 0.533. The van der Waals surface area contributed by atoms with Crippen molar-refractivity contribution in [3.05, 3.63) is 28.8 Å². The minimum Gasteiger partial charge on any atom is -0.368 e. The predicted molar refractivity (Wildman–Crippen MR) is 86.6 cm³/mol. The van der Waals surface area contributed by atoms with E-state index in [9.17, 15) is 4.79 Å². The largest absolute Gasteiger partial charge is 0.368 e. The van der Waals surface area contributed by atoms with Crippen molar-refractivity contribution in [3.63, 3.8) is 0 Å². The van der Waals surface area contributed by atoms with Crippen LogP contribution in [0.4, 0.5) is 5.69 Å². The molecule has 0 aromatic heterocycles. The molecule has 1 N–H and O–H groups in total. The summed E-state index contributed by atoms with van der Waals surface area (Å²) in [7, 11) is 1.64. The third kappa shape index (κ3) is 2.90. The summed E-state index contributed by atoms with van der Waals surface area (Å²) < 4.78 is 5.63. The maximum absolute atomic E-state index is 13.0. The van der Waals surface area contributed by atoms with E-state index in [0.29, 0.717) is 24.4 Å². The van der Waals surface area contributed by atoms with Gasteiger partial charge in [-0.3, -0.25) is 4.79 Å². The lowest BCUT2D eigenvalue weighted by atomic mass is 9.90. The van der Waals surface area contributed by atoms with Gasteiger partial charge in [0.2, 0.25) is 0 Å². The molecule has 1 amide bonds. The van der Waals surface area contributed by atoms with Gasteiger partial charge in [0.15, 0.2) is 0 Å². The second kappa shape index (κ2) is 6.53. The summed E-state index contributed by atoms with van der Waals surface area (Å²) in [5.74, 6) is 0.0718. The fourth-order valence-corrected chi connectivity index (χ4v) is 3.31. The van der Waals surface area contributed by atoms with Crippen LogP contribution in [-0.2, 0) is 16.0 Å². The lowest BCUT2D eigenvalue weighted by Crippen LogP contribution is -2.55. The predicted octanol–water partition coefficient (Wildman–Crippen LogP) is 2.42. The standard InChI is InChI=1S/C15H19ClN2O2.ClH/c1-20-15(5-7-17-8-6-15)14(19)18-9-4-11-2-3-12(16)10-13(11)18;/h2-3,10,17H,4-9H2,1H3;1H. The van der Waals surface area contributed by atoms with Crippen molar-refractivity contribution >= 4 is 35.6 Å². The Kier molecular flexibility index (Phi) is 5.15. The molecule has 0 radical (unpaired) electrons. The number of piperidine rings is 1. The van der Waals surface area contributed by atoms with Crippen molar-refractivity contribution in [2.45, 2.75) is 24.9 Å². The molecule has 0 atom stereocenters. The summed E-state index contributed by atoms with van der Waals surface area (Å²) in [4.78, 5) is 14.8. The van der Waals surface area contributed by atoms with E-state index in [1.807, 2.05) is 23.1 Å². The Hall–Kier alpha value is -0.810. The Balaban J connectivity index is 0.00000161. The van der Waals surface area contributed by atoms with Crippen LogP contribution >= 0.6 is 24.0 Å². The van der Waals surface area contributed by atoms with Crippen molar-refractivity contribution in [3.8, 4) is 0 Å². The van der Waals surface area contributed by atoms with Gasteiger partial charge in [-0.05, 0) is 50.0 Å². The van der Waals surface area contributed by atoms with Crippen molar-refractivity contribution in [1.29, 1.82) is 0 Å². The van der Waals surface area contributed by atoms with Gasteiger partial charge in [0.25, 0.3) is 5.91 Å². The second-order valence-electron chi connectivity index (χ2n) is 5.43. The van der Waals surface area contributed by atoms with Crippen LogP contribution in [0.3, 0.4) is 0 Å². The van der Waals surface area contributed by atoms with E-state index in [-0.39, 0.29) is 18.3 Å². The Morgan fingerprint density at radius 2 is 2.10 bits per heavy atom. The minimum absolute atomic E-state index is 0. The molecular formula is C15H20Cl2N2O2. The van der Waals surface area contributed by atoms with Gasteiger partial charge in [-0.2, -0.15) is 0 Å². The number of benzene rings is 1. The van der Waals surface area contributed by atoms with E-state index >= 15 is 0 Å². The zero-order valence-corrected chi connectivity index (χ0v) is 13.6. The number of fused-ring (bicyclic) bond motifs is 1. The molecule has 2 heterocycles. The molecule has 1 saturated heterocycles. The quantitative estimate of drug-likeness (QED) is 0.905. The molecule has 6 heteroatoms. The minimum atomic E-state index is -0.685. The normalized spacial score (nSPS) is 19.8. The molecule has 0 unspecified atom stereocenters. The molecule has 21 heavy (non-hydrogen) atoms. The SMILES string of the molecule is COC1(C(=O)N2CCc3ccc(Cl)cc32)CCNCC1.Cl. The number of hydrogen-bond donors (Lipinski definition) is 1. The molecule has 2 aliphatic heterocycles. The number of amides is 1. The molecule has 3 rings (SSSR count). The zero-order chi connectivity index (χ0) is 14.2. The van der Waals surface area contributed by atoms with Crippen LogP contribution in [0.25, 0.3) is 0 Å². The number of hydrogen-bond acceptors (Lipinski definition) is 3. The van der Waals surface area contributed by atoms with Crippen molar-refractivity contribution in [2.24, 2.45) is 0 Å². The number of halogens is 2. The highest BCUT2D eigenvalue weighted by Crippen LogP contribution is 2.35. The Morgan fingerprint density at radius 3 is 2.76 bits per heavy atom. The van der Waals surface area contributed by atoms with Crippen molar-refractivity contribution in [1.82, 2.24) is 5.32 Å². The topological polar surface area (TPSA) is 41.6 Å². The van der Waals surface area contributed by atoms with Crippen LogP contribution in [0, 0.1) is 0 Å². The first-order valence-electron chi connectivity index (χ1n) is 7.02.